The molecule has 21 heavy (non-hydrogen) atoms. The smallest absolute Gasteiger partial charge is 0.248 e. The van der Waals surface area contributed by atoms with Crippen LogP contribution in [0.15, 0.2) is 29.1 Å². The highest BCUT2D eigenvalue weighted by atomic mass is 16.3. The summed E-state index contributed by atoms with van der Waals surface area (Å²) in [6, 6.07) is 6.70. The number of nitrogens with two attached hydrogens (primary N) is 1. The van der Waals surface area contributed by atoms with Gasteiger partial charge >= 0.3 is 0 Å². The first-order valence-electron chi connectivity index (χ1n) is 7.32. The first-order valence-corrected chi connectivity index (χ1v) is 7.32. The molecule has 2 aromatic rings. The molecule has 0 aliphatic carbocycles. The summed E-state index contributed by atoms with van der Waals surface area (Å²) in [7, 11) is 0. The Morgan fingerprint density at radius 3 is 2.57 bits per heavy atom. The van der Waals surface area contributed by atoms with E-state index in [1.54, 1.807) is 12.1 Å². The molecule has 0 aliphatic heterocycles. The summed E-state index contributed by atoms with van der Waals surface area (Å²) < 4.78 is 0. The number of aromatic hydroxyl groups is 1. The number of H-pyrrole nitrogens is 1. The summed E-state index contributed by atoms with van der Waals surface area (Å²) in [4.78, 5) is 14.0. The van der Waals surface area contributed by atoms with E-state index in [9.17, 15) is 15.0 Å². The fourth-order valence-corrected chi connectivity index (χ4v) is 2.71. The van der Waals surface area contributed by atoms with Gasteiger partial charge in [0.25, 0.3) is 0 Å². The quantitative estimate of drug-likeness (QED) is 0.663. The molecule has 2 atom stereocenters. The van der Waals surface area contributed by atoms with Crippen molar-refractivity contribution in [2.45, 2.75) is 45.4 Å². The van der Waals surface area contributed by atoms with Gasteiger partial charge in [-0.2, -0.15) is 0 Å². The minimum Gasteiger partial charge on any atom is -0.506 e. The lowest BCUT2D eigenvalue weighted by molar-refractivity contribution is -0.723. The van der Waals surface area contributed by atoms with Crippen LogP contribution in [0.1, 0.15) is 38.9 Å². The van der Waals surface area contributed by atoms with Crippen LogP contribution in [0.3, 0.4) is 0 Å². The van der Waals surface area contributed by atoms with Gasteiger partial charge in [0.05, 0.1) is 11.6 Å². The van der Waals surface area contributed by atoms with Gasteiger partial charge < -0.3 is 20.5 Å². The van der Waals surface area contributed by atoms with Crippen LogP contribution in [-0.2, 0) is 0 Å². The van der Waals surface area contributed by atoms with Gasteiger partial charge in [0.15, 0.2) is 0 Å². The predicted molar refractivity (Wildman–Crippen MR) is 82.3 cm³/mol. The second-order valence-electron chi connectivity index (χ2n) is 5.74. The molecule has 5 heteroatoms. The van der Waals surface area contributed by atoms with Crippen molar-refractivity contribution in [1.29, 1.82) is 0 Å². The molecule has 0 fully saturated rings. The monoisotopic (exact) mass is 291 g/mol. The molecule has 0 bridgehead atoms. The first kappa shape index (κ1) is 15.5. The van der Waals surface area contributed by atoms with Gasteiger partial charge in [0.2, 0.25) is 5.56 Å². The number of fused-ring (bicyclic) bond motifs is 1. The number of phenolic OH excluding ortho intramolecular Hbond substituents is 1. The van der Waals surface area contributed by atoms with E-state index >= 15 is 0 Å². The Hall–Kier alpha value is -1.85. The van der Waals surface area contributed by atoms with Gasteiger partial charge in [0, 0.05) is 11.5 Å². The molecule has 1 heterocycles. The zero-order chi connectivity index (χ0) is 15.6. The van der Waals surface area contributed by atoms with Crippen molar-refractivity contribution in [3.8, 4) is 5.75 Å². The topological polar surface area (TPSA) is 89.9 Å². The number of benzene rings is 1. The molecule has 1 aromatic carbocycles. The van der Waals surface area contributed by atoms with Crippen LogP contribution >= 0.6 is 0 Å². The average Bonchev–Trinajstić information content (AvgIpc) is 2.45. The van der Waals surface area contributed by atoms with Crippen molar-refractivity contribution in [3.63, 3.8) is 0 Å². The third-order valence-corrected chi connectivity index (χ3v) is 3.73. The van der Waals surface area contributed by atoms with E-state index in [4.69, 9.17) is 0 Å². The van der Waals surface area contributed by atoms with E-state index < -0.39 is 6.10 Å². The number of hydrogen-bond donors (Lipinski definition) is 4. The Bertz CT molecular complexity index is 679. The molecule has 0 spiro atoms. The standard InChI is InChI=1S/C16H22N2O3/c1-4-12(17-9(2)3)16(21)11-5-7-13(19)15-10(11)6-8-14(20)18-15/h5-9,12,16-17,19,21H,4H2,1-3H3,(H,18,20)/p+1. The summed E-state index contributed by atoms with van der Waals surface area (Å²) in [5, 5.41) is 23.4. The van der Waals surface area contributed by atoms with Gasteiger partial charge in [-0.25, -0.2) is 0 Å². The van der Waals surface area contributed by atoms with Gasteiger partial charge in [-0.05, 0) is 38.0 Å². The van der Waals surface area contributed by atoms with Crippen LogP contribution in [-0.4, -0.2) is 27.3 Å². The Labute approximate surface area is 123 Å². The predicted octanol–water partition coefficient (Wildman–Crippen LogP) is 1.02. The minimum absolute atomic E-state index is 0.0135. The van der Waals surface area contributed by atoms with Crippen molar-refractivity contribution in [1.82, 2.24) is 4.98 Å². The van der Waals surface area contributed by atoms with Crippen LogP contribution in [0, 0.1) is 0 Å². The van der Waals surface area contributed by atoms with E-state index in [1.165, 1.54) is 12.1 Å². The van der Waals surface area contributed by atoms with Crippen LogP contribution in [0.5, 0.6) is 5.75 Å². The highest BCUT2D eigenvalue weighted by Gasteiger charge is 2.25. The molecular formula is C16H23N2O3+. The largest absolute Gasteiger partial charge is 0.506 e. The molecule has 0 saturated heterocycles. The van der Waals surface area contributed by atoms with Gasteiger partial charge in [-0.15, -0.1) is 0 Å². The van der Waals surface area contributed by atoms with Crippen LogP contribution < -0.4 is 10.9 Å². The zero-order valence-corrected chi connectivity index (χ0v) is 12.6. The molecule has 0 aliphatic rings. The molecule has 114 valence electrons. The minimum atomic E-state index is -0.661. The second-order valence-corrected chi connectivity index (χ2v) is 5.74. The van der Waals surface area contributed by atoms with Crippen LogP contribution in [0.25, 0.3) is 10.9 Å². The van der Waals surface area contributed by atoms with Gasteiger partial charge in [0.1, 0.15) is 17.9 Å². The summed E-state index contributed by atoms with van der Waals surface area (Å²) in [6.45, 7) is 6.21. The number of aromatic amines is 1. The zero-order valence-electron chi connectivity index (χ0n) is 12.6. The van der Waals surface area contributed by atoms with E-state index in [0.29, 0.717) is 16.9 Å². The van der Waals surface area contributed by atoms with Crippen molar-refractivity contribution in [3.05, 3.63) is 40.2 Å². The fraction of sp³-hybridized carbons (Fsp3) is 0.438. The first-order chi connectivity index (χ1) is 9.93. The highest BCUT2D eigenvalue weighted by Crippen LogP contribution is 2.30. The van der Waals surface area contributed by atoms with Crippen molar-refractivity contribution >= 4 is 10.9 Å². The number of nitrogens with one attached hydrogen (secondary N) is 1. The molecule has 0 amide bonds. The van der Waals surface area contributed by atoms with Gasteiger partial charge in [-0.1, -0.05) is 13.0 Å². The summed E-state index contributed by atoms with van der Waals surface area (Å²) >= 11 is 0. The fourth-order valence-electron chi connectivity index (χ4n) is 2.71. The number of aliphatic hydroxyl groups is 1. The molecule has 5 N–H and O–H groups in total. The molecule has 2 unspecified atom stereocenters. The molecule has 0 radical (unpaired) electrons. The van der Waals surface area contributed by atoms with Crippen molar-refractivity contribution in [2.75, 3.05) is 0 Å². The average molecular weight is 291 g/mol. The van der Waals surface area contributed by atoms with Crippen molar-refractivity contribution < 1.29 is 15.5 Å². The summed E-state index contributed by atoms with van der Waals surface area (Å²) in [6.07, 6.45) is 0.164. The molecule has 0 saturated carbocycles. The number of aromatic nitrogens is 1. The van der Waals surface area contributed by atoms with Crippen molar-refractivity contribution in [2.24, 2.45) is 0 Å². The highest BCUT2D eigenvalue weighted by molar-refractivity contribution is 5.87. The van der Waals surface area contributed by atoms with E-state index in [2.05, 4.69) is 24.1 Å². The van der Waals surface area contributed by atoms with Gasteiger partial charge in [-0.3, -0.25) is 4.79 Å². The molecule has 5 nitrogen and oxygen atoms in total. The maximum Gasteiger partial charge on any atom is 0.248 e. The van der Waals surface area contributed by atoms with Crippen LogP contribution in [0.2, 0.25) is 0 Å². The Morgan fingerprint density at radius 1 is 1.24 bits per heavy atom. The molecule has 1 aromatic heterocycles. The summed E-state index contributed by atoms with van der Waals surface area (Å²) in [5.41, 5.74) is 0.825. The normalized spacial score (nSPS) is 14.5. The molecule has 2 rings (SSSR count). The maximum atomic E-state index is 11.4. The lowest BCUT2D eigenvalue weighted by Gasteiger charge is -2.23. The number of phenols is 1. The number of quaternary nitrogens is 1. The summed E-state index contributed by atoms with van der Waals surface area (Å²) in [5.74, 6) is 0.0135. The Morgan fingerprint density at radius 2 is 1.95 bits per heavy atom. The lowest BCUT2D eigenvalue weighted by atomic mass is 9.95. The Balaban J connectivity index is 2.50. The SMILES string of the molecule is CCC([NH2+]C(C)C)C(O)c1ccc(O)c2[nH]c(=O)ccc12. The van der Waals surface area contributed by atoms with E-state index in [0.717, 1.165) is 12.0 Å². The lowest BCUT2D eigenvalue weighted by Crippen LogP contribution is -2.94. The second kappa shape index (κ2) is 6.28. The van der Waals surface area contributed by atoms with E-state index in [-0.39, 0.29) is 17.4 Å². The van der Waals surface area contributed by atoms with Crippen LogP contribution in [0.4, 0.5) is 0 Å². The number of hydrogen-bond acceptors (Lipinski definition) is 3. The number of pyridine rings is 1. The number of aliphatic hydroxyl groups excluding tert-OH is 1. The van der Waals surface area contributed by atoms with E-state index in [1.807, 2.05) is 6.92 Å². The third-order valence-electron chi connectivity index (χ3n) is 3.73. The number of rotatable bonds is 5. The Kier molecular flexibility index (Phi) is 4.65. The third kappa shape index (κ3) is 3.25. The maximum absolute atomic E-state index is 11.4. The molecular weight excluding hydrogens is 268 g/mol.